The minimum absolute atomic E-state index is 0.0257. The molecule has 1 unspecified atom stereocenters. The summed E-state index contributed by atoms with van der Waals surface area (Å²) in [5.41, 5.74) is 1.65. The van der Waals surface area contributed by atoms with Gasteiger partial charge in [-0.1, -0.05) is 12.1 Å². The Bertz CT molecular complexity index is 419. The normalized spacial score (nSPS) is 13.1. The zero-order chi connectivity index (χ0) is 14.6. The average Bonchev–Trinajstić information content (AvgIpc) is 2.27. The highest BCUT2D eigenvalue weighted by atomic mass is 32.2. The van der Waals surface area contributed by atoms with E-state index >= 15 is 0 Å². The molecule has 1 N–H and O–H groups in total. The molecule has 5 heteroatoms. The first kappa shape index (κ1) is 16.3. The number of ether oxygens (including phenoxy) is 1. The van der Waals surface area contributed by atoms with Crippen molar-refractivity contribution in [1.82, 2.24) is 4.90 Å². The van der Waals surface area contributed by atoms with Gasteiger partial charge in [-0.05, 0) is 39.1 Å². The van der Waals surface area contributed by atoms with Crippen LogP contribution in [0.2, 0.25) is 0 Å². The molecule has 1 rings (SSSR count). The number of aliphatic hydroxyl groups is 1. The lowest BCUT2D eigenvalue weighted by Gasteiger charge is -2.21. The third kappa shape index (κ3) is 4.38. The van der Waals surface area contributed by atoms with E-state index in [2.05, 4.69) is 0 Å². The molecule has 0 bridgehead atoms. The summed E-state index contributed by atoms with van der Waals surface area (Å²) in [5, 5.41) is 9.42. The highest BCUT2D eigenvalue weighted by molar-refractivity contribution is 7.90. The van der Waals surface area contributed by atoms with E-state index in [9.17, 15) is 9.66 Å². The molecule has 1 aromatic carbocycles. The van der Waals surface area contributed by atoms with E-state index < -0.39 is 11.2 Å². The van der Waals surface area contributed by atoms with Gasteiger partial charge in [0.15, 0.2) is 10.6 Å². The van der Waals surface area contributed by atoms with Crippen LogP contribution in [0.15, 0.2) is 17.0 Å². The molecular formula is C14H23NO3S. The first-order valence-corrected chi connectivity index (χ1v) is 7.83. The molecule has 0 radical (unpaired) electrons. The smallest absolute Gasteiger partial charge is 0.199 e. The van der Waals surface area contributed by atoms with E-state index in [0.29, 0.717) is 22.8 Å². The molecule has 0 aliphatic rings. The summed E-state index contributed by atoms with van der Waals surface area (Å²) in [6.45, 7) is 4.41. The van der Waals surface area contributed by atoms with Crippen LogP contribution in [0.3, 0.4) is 0 Å². The third-order valence-corrected chi connectivity index (χ3v) is 3.60. The fourth-order valence-electron chi connectivity index (χ4n) is 1.91. The standard InChI is InChI=1S/C14H23NO3S/c1-10(2)18-13-12(9-16)7-6-11(8-15(3)4)14(13)19(5)17/h6-7,10,16H,8-9H2,1-5H3. The molecule has 19 heavy (non-hydrogen) atoms. The first-order valence-electron chi connectivity index (χ1n) is 6.27. The van der Waals surface area contributed by atoms with Crippen LogP contribution in [0.1, 0.15) is 25.0 Å². The maximum absolute atomic E-state index is 12.0. The summed E-state index contributed by atoms with van der Waals surface area (Å²) in [5.74, 6) is 0.567. The van der Waals surface area contributed by atoms with Crippen LogP contribution in [0, 0.1) is 0 Å². The van der Waals surface area contributed by atoms with Crippen LogP contribution in [-0.2, 0) is 24.3 Å². The second kappa shape index (κ2) is 7.14. The molecule has 4 nitrogen and oxygen atoms in total. The molecule has 108 valence electrons. The highest BCUT2D eigenvalue weighted by Crippen LogP contribution is 2.33. The maximum Gasteiger partial charge on any atom is 0.199 e. The lowest BCUT2D eigenvalue weighted by Crippen LogP contribution is -2.17. The predicted octanol–water partition coefficient (Wildman–Crippen LogP) is 1.77. The van der Waals surface area contributed by atoms with Crippen LogP contribution in [-0.4, -0.2) is 41.0 Å². The van der Waals surface area contributed by atoms with Crippen molar-refractivity contribution in [2.75, 3.05) is 20.4 Å². The lowest BCUT2D eigenvalue weighted by molar-refractivity contribution is 0.219. The van der Waals surface area contributed by atoms with E-state index in [1.54, 1.807) is 6.26 Å². The van der Waals surface area contributed by atoms with E-state index in [0.717, 1.165) is 5.56 Å². The van der Waals surface area contributed by atoms with Crippen molar-refractivity contribution >= 4 is 11.2 Å². The topological polar surface area (TPSA) is 55.8 Å². The third-order valence-electron chi connectivity index (χ3n) is 2.57. The summed E-state index contributed by atoms with van der Waals surface area (Å²) >= 11 is -1.16. The number of benzene rings is 1. The Kier molecular flexibility index (Phi) is 6.13. The Labute approximate surface area is 118 Å². The summed E-state index contributed by atoms with van der Waals surface area (Å²) < 4.78 is 17.8. The Morgan fingerprint density at radius 3 is 2.32 bits per heavy atom. The summed E-state index contributed by atoms with van der Waals surface area (Å²) in [4.78, 5) is 2.71. The van der Waals surface area contributed by atoms with Gasteiger partial charge in [-0.3, -0.25) is 0 Å². The van der Waals surface area contributed by atoms with Crippen molar-refractivity contribution in [1.29, 1.82) is 0 Å². The molecule has 0 heterocycles. The van der Waals surface area contributed by atoms with Gasteiger partial charge >= 0.3 is 0 Å². The molecule has 1 aromatic rings. The van der Waals surface area contributed by atoms with Crippen molar-refractivity contribution in [3.05, 3.63) is 23.3 Å². The van der Waals surface area contributed by atoms with Gasteiger partial charge in [-0.2, -0.15) is 0 Å². The second-order valence-electron chi connectivity index (χ2n) is 5.06. The average molecular weight is 285 g/mol. The van der Waals surface area contributed by atoms with Crippen molar-refractivity contribution in [3.8, 4) is 5.75 Å². The Balaban J connectivity index is 3.35. The van der Waals surface area contributed by atoms with Crippen LogP contribution >= 0.6 is 0 Å². The van der Waals surface area contributed by atoms with Gasteiger partial charge in [0.05, 0.1) is 12.7 Å². The maximum atomic E-state index is 12.0. The molecular weight excluding hydrogens is 262 g/mol. The molecule has 0 saturated carbocycles. The van der Waals surface area contributed by atoms with Crippen LogP contribution in [0.25, 0.3) is 0 Å². The van der Waals surface area contributed by atoms with E-state index in [1.807, 2.05) is 45.0 Å². The van der Waals surface area contributed by atoms with Gasteiger partial charge in [-0.25, -0.2) is 0 Å². The van der Waals surface area contributed by atoms with Crippen LogP contribution < -0.4 is 4.74 Å². The van der Waals surface area contributed by atoms with Gasteiger partial charge < -0.3 is 19.3 Å². The van der Waals surface area contributed by atoms with Crippen LogP contribution in [0.4, 0.5) is 0 Å². The van der Waals surface area contributed by atoms with Gasteiger partial charge in [0.2, 0.25) is 0 Å². The van der Waals surface area contributed by atoms with Gasteiger partial charge in [0.1, 0.15) is 6.26 Å². The molecule has 0 fully saturated rings. The lowest BCUT2D eigenvalue weighted by atomic mass is 10.1. The van der Waals surface area contributed by atoms with Gasteiger partial charge in [0, 0.05) is 17.7 Å². The van der Waals surface area contributed by atoms with Crippen molar-refractivity contribution in [3.63, 3.8) is 0 Å². The Morgan fingerprint density at radius 1 is 1.32 bits per heavy atom. The van der Waals surface area contributed by atoms with E-state index in [-0.39, 0.29) is 12.7 Å². The fraction of sp³-hybridized carbons (Fsp3) is 0.571. The monoisotopic (exact) mass is 285 g/mol. The molecule has 0 saturated heterocycles. The highest BCUT2D eigenvalue weighted by Gasteiger charge is 2.23. The minimum Gasteiger partial charge on any atom is -0.612 e. The van der Waals surface area contributed by atoms with Crippen molar-refractivity contribution in [2.24, 2.45) is 0 Å². The molecule has 1 atom stereocenters. The quantitative estimate of drug-likeness (QED) is 0.809. The zero-order valence-electron chi connectivity index (χ0n) is 12.3. The molecule has 0 aromatic heterocycles. The molecule has 0 spiro atoms. The summed E-state index contributed by atoms with van der Waals surface area (Å²) in [7, 11) is 3.93. The summed E-state index contributed by atoms with van der Waals surface area (Å²) in [6.07, 6.45) is 1.62. The Morgan fingerprint density at radius 2 is 1.89 bits per heavy atom. The summed E-state index contributed by atoms with van der Waals surface area (Å²) in [6, 6.07) is 3.75. The SMILES string of the molecule is CC(C)Oc1c(CO)ccc(CN(C)C)c1[S+](C)[O-]. The number of hydrogen-bond acceptors (Lipinski definition) is 4. The minimum atomic E-state index is -1.16. The molecule has 0 aliphatic carbocycles. The number of hydrogen-bond donors (Lipinski definition) is 1. The molecule has 0 aliphatic heterocycles. The van der Waals surface area contributed by atoms with E-state index in [4.69, 9.17) is 4.74 Å². The predicted molar refractivity (Wildman–Crippen MR) is 77.9 cm³/mol. The van der Waals surface area contributed by atoms with Gasteiger partial charge in [-0.15, -0.1) is 0 Å². The number of rotatable bonds is 6. The Hall–Kier alpha value is -0.750. The zero-order valence-corrected chi connectivity index (χ0v) is 13.1. The van der Waals surface area contributed by atoms with Crippen LogP contribution in [0.5, 0.6) is 5.75 Å². The van der Waals surface area contributed by atoms with Crippen molar-refractivity contribution < 1.29 is 14.4 Å². The fourth-order valence-corrected chi connectivity index (χ4v) is 2.86. The van der Waals surface area contributed by atoms with Gasteiger partial charge in [0.25, 0.3) is 0 Å². The number of nitrogens with zero attached hydrogens (tertiary/aromatic N) is 1. The second-order valence-corrected chi connectivity index (χ2v) is 6.38. The first-order chi connectivity index (χ1) is 8.86. The largest absolute Gasteiger partial charge is 0.612 e. The van der Waals surface area contributed by atoms with E-state index in [1.165, 1.54) is 0 Å². The van der Waals surface area contributed by atoms with Crippen molar-refractivity contribution in [2.45, 2.75) is 38.0 Å². The number of aliphatic hydroxyl groups excluding tert-OH is 1. The molecule has 0 amide bonds.